The predicted molar refractivity (Wildman–Crippen MR) is 109 cm³/mol. The van der Waals surface area contributed by atoms with Crippen molar-refractivity contribution in [2.24, 2.45) is 13.0 Å². The van der Waals surface area contributed by atoms with Crippen LogP contribution in [0.3, 0.4) is 0 Å². The fraction of sp³-hybridized carbons (Fsp3) is 0.667. The molecule has 0 radical (unpaired) electrons. The van der Waals surface area contributed by atoms with E-state index in [0.29, 0.717) is 18.9 Å². The number of hydrogen-bond donors (Lipinski definition) is 1. The van der Waals surface area contributed by atoms with Crippen molar-refractivity contribution >= 4 is 12.0 Å². The largest absolute Gasteiger partial charge is 0.443 e. The first-order chi connectivity index (χ1) is 13.2. The average molecular weight is 391 g/mol. The lowest BCUT2D eigenvalue weighted by molar-refractivity contribution is 0.0237. The van der Waals surface area contributed by atoms with Gasteiger partial charge in [-0.3, -0.25) is 9.48 Å². The minimum Gasteiger partial charge on any atom is -0.443 e. The van der Waals surface area contributed by atoms with E-state index in [-0.39, 0.29) is 5.69 Å². The van der Waals surface area contributed by atoms with Crippen LogP contribution in [0.4, 0.5) is 4.79 Å². The molecule has 0 fully saturated rings. The van der Waals surface area contributed by atoms with Crippen molar-refractivity contribution in [3.05, 3.63) is 29.6 Å². The van der Waals surface area contributed by atoms with Gasteiger partial charge >= 0.3 is 6.09 Å². The molecule has 0 saturated carbocycles. The van der Waals surface area contributed by atoms with E-state index in [1.165, 1.54) is 6.42 Å². The topological polar surface area (TPSA) is 76.5 Å². The van der Waals surface area contributed by atoms with Crippen LogP contribution < -0.4 is 5.32 Å². The lowest BCUT2D eigenvalue weighted by Gasteiger charge is -2.26. The number of nitrogens with zero attached hydrogens (tertiary/aromatic N) is 3. The summed E-state index contributed by atoms with van der Waals surface area (Å²) in [6.07, 6.45) is 8.00. The molecule has 0 spiro atoms. The Bertz CT molecular complexity index is 683. The second kappa shape index (κ2) is 9.87. The predicted octanol–water partition coefficient (Wildman–Crippen LogP) is 3.44. The maximum absolute atomic E-state index is 12.9. The van der Waals surface area contributed by atoms with Gasteiger partial charge < -0.3 is 10.1 Å². The summed E-state index contributed by atoms with van der Waals surface area (Å²) in [5, 5.41) is 7.66. The van der Waals surface area contributed by atoms with Gasteiger partial charge in [0, 0.05) is 19.3 Å². The second-order valence-electron chi connectivity index (χ2n) is 8.44. The lowest BCUT2D eigenvalue weighted by Crippen LogP contribution is -2.42. The zero-order valence-corrected chi connectivity index (χ0v) is 17.8. The molecule has 1 aromatic rings. The van der Waals surface area contributed by atoms with Crippen LogP contribution in [0.1, 0.15) is 62.6 Å². The van der Waals surface area contributed by atoms with E-state index in [1.807, 2.05) is 6.92 Å². The van der Waals surface area contributed by atoms with Gasteiger partial charge in [0.05, 0.1) is 0 Å². The van der Waals surface area contributed by atoms with Crippen molar-refractivity contribution in [3.8, 4) is 0 Å². The van der Waals surface area contributed by atoms with Crippen LogP contribution in [0.15, 0.2) is 18.2 Å². The van der Waals surface area contributed by atoms with Crippen LogP contribution in [0.5, 0.6) is 0 Å². The van der Waals surface area contributed by atoms with Crippen molar-refractivity contribution in [2.75, 3.05) is 19.6 Å². The zero-order valence-electron chi connectivity index (χ0n) is 17.8. The number of nitrogens with one attached hydrogen (secondary N) is 1. The molecule has 1 aliphatic rings. The number of carbonyl (C=O) groups excluding carboxylic acids is 2. The van der Waals surface area contributed by atoms with Gasteiger partial charge in [0.2, 0.25) is 0 Å². The molecule has 0 unspecified atom stereocenters. The number of hydrogen-bond acceptors (Lipinski definition) is 5. The number of aromatic nitrogens is 2. The summed E-state index contributed by atoms with van der Waals surface area (Å²) in [5.41, 5.74) is 0.450. The zero-order chi connectivity index (χ0) is 20.7. The molecule has 1 aromatic heterocycles. The van der Waals surface area contributed by atoms with Crippen LogP contribution in [0.2, 0.25) is 0 Å². The summed E-state index contributed by atoms with van der Waals surface area (Å²) >= 11 is 0. The monoisotopic (exact) mass is 390 g/mol. The van der Waals surface area contributed by atoms with Gasteiger partial charge in [0.25, 0.3) is 5.91 Å². The number of rotatable bonds is 7. The highest BCUT2D eigenvalue weighted by Gasteiger charge is 2.29. The van der Waals surface area contributed by atoms with E-state index in [1.54, 1.807) is 38.6 Å². The van der Waals surface area contributed by atoms with Crippen molar-refractivity contribution in [1.29, 1.82) is 0 Å². The van der Waals surface area contributed by atoms with Crippen LogP contribution in [0, 0.1) is 12.8 Å². The van der Waals surface area contributed by atoms with Gasteiger partial charge in [0.15, 0.2) is 5.69 Å². The maximum Gasteiger partial charge on any atom is 0.417 e. The first kappa shape index (κ1) is 22.1. The van der Waals surface area contributed by atoms with Crippen molar-refractivity contribution in [3.63, 3.8) is 0 Å². The highest BCUT2D eigenvalue weighted by molar-refractivity contribution is 6.01. The lowest BCUT2D eigenvalue weighted by atomic mass is 9.94. The average Bonchev–Trinajstić information content (AvgIpc) is 2.96. The molecule has 156 valence electrons. The summed E-state index contributed by atoms with van der Waals surface area (Å²) in [6, 6.07) is 1.69. The second-order valence-corrected chi connectivity index (χ2v) is 8.44. The Hall–Kier alpha value is -2.15. The third-order valence-corrected chi connectivity index (χ3v) is 4.74. The van der Waals surface area contributed by atoms with E-state index in [9.17, 15) is 9.59 Å². The minimum atomic E-state index is -0.664. The van der Waals surface area contributed by atoms with Crippen molar-refractivity contribution in [2.45, 2.75) is 59.0 Å². The first-order valence-electron chi connectivity index (χ1n) is 10.1. The van der Waals surface area contributed by atoms with Gasteiger partial charge in [-0.25, -0.2) is 9.69 Å². The standard InChI is InChI=1S/C21H34N4O3/c1-16-14-18(23-24(16)5)19(26)25(20(27)28-21(2,3)4)13-9-12-22-15-17-10-7-6-8-11-17/h6-7,14,17,22H,8-13,15H2,1-5H3/t17-/m0/s1. The molecule has 0 aromatic carbocycles. The molecule has 28 heavy (non-hydrogen) atoms. The van der Waals surface area contributed by atoms with Crippen molar-refractivity contribution < 1.29 is 14.3 Å². The molecular formula is C21H34N4O3. The maximum atomic E-state index is 12.9. The number of ether oxygens (including phenoxy) is 1. The van der Waals surface area contributed by atoms with E-state index in [2.05, 4.69) is 22.6 Å². The summed E-state index contributed by atoms with van der Waals surface area (Å²) in [7, 11) is 1.77. The van der Waals surface area contributed by atoms with Gasteiger partial charge in [-0.15, -0.1) is 0 Å². The number of imide groups is 1. The number of aryl methyl sites for hydroxylation is 2. The highest BCUT2D eigenvalue weighted by atomic mass is 16.6. The first-order valence-corrected chi connectivity index (χ1v) is 10.1. The molecule has 1 heterocycles. The molecular weight excluding hydrogens is 356 g/mol. The SMILES string of the molecule is Cc1cc(C(=O)N(CCCNC[C@H]2CC=CCC2)C(=O)OC(C)(C)C)nn1C. The van der Waals surface area contributed by atoms with Crippen LogP contribution >= 0.6 is 0 Å². The number of allylic oxidation sites excluding steroid dienone is 2. The number of amides is 2. The summed E-state index contributed by atoms with van der Waals surface area (Å²) in [6.45, 7) is 9.24. The highest BCUT2D eigenvalue weighted by Crippen LogP contribution is 2.17. The Kier molecular flexibility index (Phi) is 7.80. The molecule has 0 saturated heterocycles. The third-order valence-electron chi connectivity index (χ3n) is 4.74. The van der Waals surface area contributed by atoms with Gasteiger partial charge in [-0.05, 0) is 78.5 Å². The van der Waals surface area contributed by atoms with Crippen LogP contribution in [-0.4, -0.2) is 51.9 Å². The molecule has 0 aliphatic heterocycles. The third kappa shape index (κ3) is 6.78. The Balaban J connectivity index is 1.92. The van der Waals surface area contributed by atoms with Crippen LogP contribution in [-0.2, 0) is 11.8 Å². The normalized spacial score (nSPS) is 16.8. The van der Waals surface area contributed by atoms with E-state index in [0.717, 1.165) is 36.5 Å². The Morgan fingerprint density at radius 1 is 1.36 bits per heavy atom. The molecule has 1 N–H and O–H groups in total. The fourth-order valence-electron chi connectivity index (χ4n) is 3.11. The molecule has 2 rings (SSSR count). The van der Waals surface area contributed by atoms with E-state index < -0.39 is 17.6 Å². The quantitative estimate of drug-likeness (QED) is 0.570. The summed E-state index contributed by atoms with van der Waals surface area (Å²) < 4.78 is 7.06. The fourth-order valence-corrected chi connectivity index (χ4v) is 3.11. The summed E-state index contributed by atoms with van der Waals surface area (Å²) in [5.74, 6) is 0.250. The molecule has 2 amide bonds. The van der Waals surface area contributed by atoms with E-state index in [4.69, 9.17) is 4.74 Å². The Labute approximate surface area is 168 Å². The van der Waals surface area contributed by atoms with Gasteiger partial charge in [-0.1, -0.05) is 12.2 Å². The van der Waals surface area contributed by atoms with Crippen molar-refractivity contribution in [1.82, 2.24) is 20.0 Å². The van der Waals surface area contributed by atoms with Gasteiger partial charge in [0.1, 0.15) is 5.60 Å². The summed E-state index contributed by atoms with van der Waals surface area (Å²) in [4.78, 5) is 26.6. The van der Waals surface area contributed by atoms with E-state index >= 15 is 0 Å². The smallest absolute Gasteiger partial charge is 0.417 e. The van der Waals surface area contributed by atoms with Gasteiger partial charge in [-0.2, -0.15) is 5.10 Å². The molecule has 7 heteroatoms. The minimum absolute atomic E-state index is 0.257. The van der Waals surface area contributed by atoms with Crippen LogP contribution in [0.25, 0.3) is 0 Å². The Morgan fingerprint density at radius 3 is 2.68 bits per heavy atom. The Morgan fingerprint density at radius 2 is 2.11 bits per heavy atom. The molecule has 1 atom stereocenters. The molecule has 1 aliphatic carbocycles. The molecule has 7 nitrogen and oxygen atoms in total. The number of carbonyl (C=O) groups is 2. The molecule has 0 bridgehead atoms.